The van der Waals surface area contributed by atoms with Crippen LogP contribution in [0.3, 0.4) is 0 Å². The molecule has 0 bridgehead atoms. The van der Waals surface area contributed by atoms with Crippen molar-refractivity contribution in [1.82, 2.24) is 16.2 Å². The quantitative estimate of drug-likeness (QED) is 0.378. The monoisotopic (exact) mass is 399 g/mol. The lowest BCUT2D eigenvalue weighted by molar-refractivity contribution is -0.116. The highest BCUT2D eigenvalue weighted by molar-refractivity contribution is 7.80. The van der Waals surface area contributed by atoms with Gasteiger partial charge in [0.05, 0.1) is 14.2 Å². The van der Waals surface area contributed by atoms with Gasteiger partial charge in [0.1, 0.15) is 0 Å². The van der Waals surface area contributed by atoms with Gasteiger partial charge < -0.3 is 14.8 Å². The maximum absolute atomic E-state index is 11.9. The van der Waals surface area contributed by atoms with Gasteiger partial charge in [-0.05, 0) is 60.5 Å². The lowest BCUT2D eigenvalue weighted by Crippen LogP contribution is -2.46. The van der Waals surface area contributed by atoms with E-state index in [0.717, 1.165) is 23.1 Å². The van der Waals surface area contributed by atoms with Gasteiger partial charge in [-0.15, -0.1) is 0 Å². The second-order valence-electron chi connectivity index (χ2n) is 6.00. The van der Waals surface area contributed by atoms with E-state index < -0.39 is 0 Å². The highest BCUT2D eigenvalue weighted by atomic mass is 32.1. The highest BCUT2D eigenvalue weighted by Gasteiger charge is 2.05. The van der Waals surface area contributed by atoms with Crippen molar-refractivity contribution in [2.75, 3.05) is 20.8 Å². The first kappa shape index (κ1) is 21.2. The van der Waals surface area contributed by atoms with Crippen LogP contribution >= 0.6 is 12.2 Å². The Labute approximate surface area is 170 Å². The third-order valence-electron chi connectivity index (χ3n) is 4.05. The summed E-state index contributed by atoms with van der Waals surface area (Å²) < 4.78 is 10.5. The second kappa shape index (κ2) is 10.9. The van der Waals surface area contributed by atoms with E-state index in [-0.39, 0.29) is 5.91 Å². The smallest absolute Gasteiger partial charge is 0.262 e. The minimum atomic E-state index is -0.285. The van der Waals surface area contributed by atoms with E-state index in [1.54, 1.807) is 20.3 Å². The van der Waals surface area contributed by atoms with Gasteiger partial charge in [-0.1, -0.05) is 30.3 Å². The molecule has 0 unspecified atom stereocenters. The summed E-state index contributed by atoms with van der Waals surface area (Å²) in [7, 11) is 3.21. The molecule has 0 saturated heterocycles. The third kappa shape index (κ3) is 6.59. The predicted octanol–water partition coefficient (Wildman–Crippen LogP) is 2.76. The molecule has 0 heterocycles. The number of hydrogen-bond acceptors (Lipinski definition) is 4. The number of hydrogen-bond donors (Lipinski definition) is 3. The van der Waals surface area contributed by atoms with Crippen molar-refractivity contribution in [1.29, 1.82) is 0 Å². The predicted molar refractivity (Wildman–Crippen MR) is 115 cm³/mol. The van der Waals surface area contributed by atoms with E-state index in [1.165, 1.54) is 6.08 Å². The van der Waals surface area contributed by atoms with Gasteiger partial charge in [0.25, 0.3) is 5.91 Å². The first-order chi connectivity index (χ1) is 13.5. The van der Waals surface area contributed by atoms with Crippen LogP contribution in [0.25, 0.3) is 6.08 Å². The molecule has 6 nitrogen and oxygen atoms in total. The summed E-state index contributed by atoms with van der Waals surface area (Å²) in [5.41, 5.74) is 8.40. The van der Waals surface area contributed by atoms with Crippen molar-refractivity contribution < 1.29 is 14.3 Å². The first-order valence-corrected chi connectivity index (χ1v) is 9.22. The van der Waals surface area contributed by atoms with Crippen LogP contribution in [0.15, 0.2) is 48.5 Å². The fourth-order valence-corrected chi connectivity index (χ4v) is 2.65. The Morgan fingerprint density at radius 2 is 1.82 bits per heavy atom. The van der Waals surface area contributed by atoms with Crippen LogP contribution in [0.5, 0.6) is 11.5 Å². The molecule has 2 aromatic carbocycles. The van der Waals surface area contributed by atoms with Crippen molar-refractivity contribution in [3.8, 4) is 11.5 Å². The Balaban J connectivity index is 1.72. The van der Waals surface area contributed by atoms with E-state index in [1.807, 2.05) is 49.4 Å². The zero-order valence-electron chi connectivity index (χ0n) is 16.2. The van der Waals surface area contributed by atoms with Crippen molar-refractivity contribution in [3.05, 3.63) is 65.2 Å². The molecule has 2 rings (SSSR count). The lowest BCUT2D eigenvalue weighted by Gasteiger charge is -2.12. The molecule has 148 valence electrons. The number of benzene rings is 2. The van der Waals surface area contributed by atoms with E-state index >= 15 is 0 Å². The molecular formula is C21H25N3O3S. The van der Waals surface area contributed by atoms with Crippen LogP contribution in [0.4, 0.5) is 0 Å². The Morgan fingerprint density at radius 3 is 2.54 bits per heavy atom. The van der Waals surface area contributed by atoms with Crippen LogP contribution in [0, 0.1) is 6.92 Å². The average Bonchev–Trinajstić information content (AvgIpc) is 2.71. The molecule has 0 saturated carbocycles. The van der Waals surface area contributed by atoms with E-state index in [0.29, 0.717) is 23.2 Å². The molecule has 0 aliphatic heterocycles. The zero-order chi connectivity index (χ0) is 20.4. The van der Waals surface area contributed by atoms with Crippen LogP contribution < -0.4 is 25.6 Å². The van der Waals surface area contributed by atoms with E-state index in [9.17, 15) is 4.79 Å². The number of nitrogens with one attached hydrogen (secondary N) is 3. The zero-order valence-corrected chi connectivity index (χ0v) is 17.1. The third-order valence-corrected chi connectivity index (χ3v) is 4.30. The standard InChI is InChI=1S/C21H25N3O3S/c1-15-6-4-5-7-17(15)9-11-20(25)23-24-21(28)22-13-12-16-8-10-18(26-2)19(14-16)27-3/h4-11,14H,12-13H2,1-3H3,(H,23,25)(H2,22,24,28)/b11-9+. The molecule has 0 aliphatic carbocycles. The first-order valence-electron chi connectivity index (χ1n) is 8.82. The van der Waals surface area contributed by atoms with Gasteiger partial charge in [-0.2, -0.15) is 0 Å². The maximum atomic E-state index is 11.9. The Bertz CT molecular complexity index is 853. The van der Waals surface area contributed by atoms with Crippen molar-refractivity contribution in [2.45, 2.75) is 13.3 Å². The number of amides is 1. The molecule has 0 aliphatic rings. The van der Waals surface area contributed by atoms with Gasteiger partial charge in [-0.25, -0.2) is 0 Å². The van der Waals surface area contributed by atoms with Crippen molar-refractivity contribution in [3.63, 3.8) is 0 Å². The SMILES string of the molecule is COc1ccc(CCNC(=S)NNC(=O)/C=C/c2ccccc2C)cc1OC. The average molecular weight is 400 g/mol. The highest BCUT2D eigenvalue weighted by Crippen LogP contribution is 2.27. The Hall–Kier alpha value is -3.06. The van der Waals surface area contributed by atoms with Gasteiger partial charge in [-0.3, -0.25) is 15.6 Å². The summed E-state index contributed by atoms with van der Waals surface area (Å²) in [6, 6.07) is 13.6. The largest absolute Gasteiger partial charge is 0.493 e. The molecule has 0 fully saturated rings. The number of carbonyl (C=O) groups excluding carboxylic acids is 1. The minimum absolute atomic E-state index is 0.285. The number of methoxy groups -OCH3 is 2. The van der Waals surface area contributed by atoms with E-state index in [2.05, 4.69) is 16.2 Å². The molecule has 0 atom stereocenters. The summed E-state index contributed by atoms with van der Waals surface area (Å²) in [5.74, 6) is 1.10. The number of thiocarbonyl (C=S) groups is 1. The van der Waals surface area contributed by atoms with Gasteiger partial charge in [0, 0.05) is 12.6 Å². The molecule has 28 heavy (non-hydrogen) atoms. The molecule has 7 heteroatoms. The molecule has 0 spiro atoms. The van der Waals surface area contributed by atoms with Gasteiger partial charge >= 0.3 is 0 Å². The second-order valence-corrected chi connectivity index (χ2v) is 6.41. The fraction of sp³-hybridized carbons (Fsp3) is 0.238. The van der Waals surface area contributed by atoms with Gasteiger partial charge in [0.2, 0.25) is 0 Å². The number of aryl methyl sites for hydroxylation is 1. The molecular weight excluding hydrogens is 374 g/mol. The number of hydrazine groups is 1. The summed E-state index contributed by atoms with van der Waals surface area (Å²) in [6.07, 6.45) is 3.96. The minimum Gasteiger partial charge on any atom is -0.493 e. The Kier molecular flexibility index (Phi) is 8.30. The number of rotatable bonds is 7. The van der Waals surface area contributed by atoms with Crippen LogP contribution in [-0.4, -0.2) is 31.8 Å². The molecule has 3 N–H and O–H groups in total. The number of carbonyl (C=O) groups is 1. The normalized spacial score (nSPS) is 10.4. The number of ether oxygens (including phenoxy) is 2. The van der Waals surface area contributed by atoms with E-state index in [4.69, 9.17) is 21.7 Å². The summed E-state index contributed by atoms with van der Waals surface area (Å²) in [4.78, 5) is 11.9. The molecule has 1 amide bonds. The fourth-order valence-electron chi connectivity index (χ4n) is 2.50. The van der Waals surface area contributed by atoms with Crippen LogP contribution in [0.1, 0.15) is 16.7 Å². The molecule has 0 aromatic heterocycles. The Morgan fingerprint density at radius 1 is 1.07 bits per heavy atom. The van der Waals surface area contributed by atoms with Crippen molar-refractivity contribution >= 4 is 29.3 Å². The van der Waals surface area contributed by atoms with Crippen molar-refractivity contribution in [2.24, 2.45) is 0 Å². The molecule has 0 radical (unpaired) electrons. The summed E-state index contributed by atoms with van der Waals surface area (Å²) in [6.45, 7) is 2.60. The summed E-state index contributed by atoms with van der Waals surface area (Å²) >= 11 is 5.17. The topological polar surface area (TPSA) is 71.6 Å². The lowest BCUT2D eigenvalue weighted by atomic mass is 10.1. The van der Waals surface area contributed by atoms with Crippen LogP contribution in [0.2, 0.25) is 0 Å². The summed E-state index contributed by atoms with van der Waals surface area (Å²) in [5, 5.41) is 3.39. The van der Waals surface area contributed by atoms with Gasteiger partial charge in [0.15, 0.2) is 16.6 Å². The maximum Gasteiger partial charge on any atom is 0.262 e. The van der Waals surface area contributed by atoms with Crippen LogP contribution in [-0.2, 0) is 11.2 Å². The molecule has 2 aromatic rings.